The van der Waals surface area contributed by atoms with Crippen LogP contribution >= 0.6 is 0 Å². The van der Waals surface area contributed by atoms with Crippen molar-refractivity contribution in [2.24, 2.45) is 0 Å². The van der Waals surface area contributed by atoms with Gasteiger partial charge in [0.15, 0.2) is 12.4 Å². The van der Waals surface area contributed by atoms with Crippen molar-refractivity contribution in [2.75, 3.05) is 47.5 Å². The van der Waals surface area contributed by atoms with Gasteiger partial charge in [0.1, 0.15) is 13.2 Å². The van der Waals surface area contributed by atoms with E-state index in [1.165, 1.54) is 64.2 Å². The van der Waals surface area contributed by atoms with E-state index < -0.39 is 24.3 Å². The van der Waals surface area contributed by atoms with Crippen LogP contribution in [-0.2, 0) is 33.3 Å². The number of nitrogens with zero attached hydrogens (tertiary/aromatic N) is 1. The van der Waals surface area contributed by atoms with Gasteiger partial charge in [-0.25, -0.2) is 0 Å². The molecule has 0 N–H and O–H groups in total. The fraction of sp³-hybridized carbons (Fsp3) is 0.837. The number of quaternary nitrogens is 1. The average Bonchev–Trinajstić information content (AvgIpc) is 3.09. The second-order valence-electron chi connectivity index (χ2n) is 15.3. The maximum atomic E-state index is 12.7. The number of ether oxygens (including phenoxy) is 4. The van der Waals surface area contributed by atoms with Gasteiger partial charge in [0.2, 0.25) is 0 Å². The van der Waals surface area contributed by atoms with Crippen molar-refractivity contribution in [3.63, 3.8) is 0 Å². The van der Waals surface area contributed by atoms with Crippen LogP contribution in [0.3, 0.4) is 0 Å². The largest absolute Gasteiger partial charge is 0.545 e. The lowest BCUT2D eigenvalue weighted by atomic mass is 10.1. The second-order valence-corrected chi connectivity index (χ2v) is 15.3. The lowest BCUT2D eigenvalue weighted by molar-refractivity contribution is -0.870. The van der Waals surface area contributed by atoms with Crippen LogP contribution in [0.4, 0.5) is 0 Å². The molecule has 0 aromatic rings. The molecule has 0 saturated heterocycles. The lowest BCUT2D eigenvalue weighted by Crippen LogP contribution is -2.44. The first kappa shape index (κ1) is 49.8. The molecule has 9 heteroatoms. The van der Waals surface area contributed by atoms with Crippen LogP contribution in [-0.4, -0.2) is 82.3 Å². The molecule has 0 aromatic carbocycles. The van der Waals surface area contributed by atoms with Crippen LogP contribution in [0.2, 0.25) is 0 Å². The molecule has 9 nitrogen and oxygen atoms in total. The van der Waals surface area contributed by atoms with Crippen LogP contribution in [0, 0.1) is 0 Å². The highest BCUT2D eigenvalue weighted by Gasteiger charge is 2.21. The van der Waals surface area contributed by atoms with E-state index in [0.29, 0.717) is 17.4 Å². The van der Waals surface area contributed by atoms with E-state index in [-0.39, 0.29) is 38.6 Å². The highest BCUT2D eigenvalue weighted by Crippen LogP contribution is 2.13. The van der Waals surface area contributed by atoms with Gasteiger partial charge in [0, 0.05) is 12.8 Å². The molecular formula is C43H79NO8. The Kier molecular flexibility index (Phi) is 34.2. The molecule has 0 heterocycles. The van der Waals surface area contributed by atoms with Gasteiger partial charge in [0.05, 0.1) is 40.3 Å². The summed E-state index contributed by atoms with van der Waals surface area (Å²) in [6.07, 6.45) is 33.5. The quantitative estimate of drug-likeness (QED) is 0.0203. The SMILES string of the molecule is CCCC/C=C\CCCCCCCC(=O)OCC(COC(OCC[N+](C)(C)C)C(=O)[O-])OC(=O)CCCCCCC/C=C\CCCCCCCCC. The van der Waals surface area contributed by atoms with E-state index in [9.17, 15) is 19.5 Å². The van der Waals surface area contributed by atoms with Crippen molar-refractivity contribution < 1.29 is 42.9 Å². The molecule has 0 bridgehead atoms. The number of allylic oxidation sites excluding steroid dienone is 4. The first-order chi connectivity index (χ1) is 25.1. The molecule has 0 radical (unpaired) electrons. The molecule has 0 rings (SSSR count). The highest BCUT2D eigenvalue weighted by molar-refractivity contribution is 5.70. The Balaban J connectivity index is 4.49. The van der Waals surface area contributed by atoms with Crippen molar-refractivity contribution in [3.05, 3.63) is 24.3 Å². The summed E-state index contributed by atoms with van der Waals surface area (Å²) in [7, 11) is 5.90. The van der Waals surface area contributed by atoms with Crippen molar-refractivity contribution >= 4 is 17.9 Å². The van der Waals surface area contributed by atoms with Gasteiger partial charge >= 0.3 is 11.9 Å². The number of rotatable bonds is 38. The Morgan fingerprint density at radius 1 is 0.558 bits per heavy atom. The van der Waals surface area contributed by atoms with Crippen molar-refractivity contribution in [1.29, 1.82) is 0 Å². The number of aliphatic carboxylic acids is 1. The summed E-state index contributed by atoms with van der Waals surface area (Å²) in [5.41, 5.74) is 0. The summed E-state index contributed by atoms with van der Waals surface area (Å²) < 4.78 is 22.5. The fourth-order valence-electron chi connectivity index (χ4n) is 5.57. The van der Waals surface area contributed by atoms with Gasteiger partial charge in [-0.15, -0.1) is 0 Å². The fourth-order valence-corrected chi connectivity index (χ4v) is 5.57. The number of hydrogen-bond donors (Lipinski definition) is 0. The molecule has 0 saturated carbocycles. The standard InChI is InChI=1S/C43H79NO8/c1-6-8-10-12-14-16-18-19-20-21-22-24-26-28-30-32-34-41(46)52-39(38-51-43(42(47)48)49-36-35-44(3,4)5)37-50-40(45)33-31-29-27-25-23-17-15-13-11-9-7-2/h13,15,20-21,39,43H,6-12,14,16-19,22-38H2,1-5H3/b15-13-,21-20-. The first-order valence-corrected chi connectivity index (χ1v) is 21.0. The third-order valence-electron chi connectivity index (χ3n) is 8.92. The summed E-state index contributed by atoms with van der Waals surface area (Å²) in [5, 5.41) is 11.6. The van der Waals surface area contributed by atoms with Crippen molar-refractivity contribution in [1.82, 2.24) is 0 Å². The van der Waals surface area contributed by atoms with E-state index in [4.69, 9.17) is 18.9 Å². The Labute approximate surface area is 318 Å². The van der Waals surface area contributed by atoms with Crippen LogP contribution in [0.25, 0.3) is 0 Å². The van der Waals surface area contributed by atoms with Crippen molar-refractivity contribution in [3.8, 4) is 0 Å². The van der Waals surface area contributed by atoms with Crippen LogP contribution in [0.5, 0.6) is 0 Å². The maximum Gasteiger partial charge on any atom is 0.306 e. The Morgan fingerprint density at radius 2 is 1.00 bits per heavy atom. The zero-order valence-corrected chi connectivity index (χ0v) is 34.2. The number of carbonyl (C=O) groups excluding carboxylic acids is 3. The maximum absolute atomic E-state index is 12.7. The minimum atomic E-state index is -1.62. The second kappa shape index (κ2) is 35.8. The molecule has 0 amide bonds. The predicted molar refractivity (Wildman–Crippen MR) is 209 cm³/mol. The minimum absolute atomic E-state index is 0.146. The Bertz CT molecular complexity index is 913. The number of unbranched alkanes of at least 4 members (excludes halogenated alkanes) is 19. The van der Waals surface area contributed by atoms with Crippen LogP contribution < -0.4 is 5.11 Å². The number of carboxylic acids is 1. The normalized spacial score (nSPS) is 13.2. The van der Waals surface area contributed by atoms with Gasteiger partial charge in [0.25, 0.3) is 0 Å². The highest BCUT2D eigenvalue weighted by atomic mass is 16.7. The number of hydrogen-bond acceptors (Lipinski definition) is 8. The molecule has 2 atom stereocenters. The predicted octanol–water partition coefficient (Wildman–Crippen LogP) is 9.16. The van der Waals surface area contributed by atoms with Crippen LogP contribution in [0.15, 0.2) is 24.3 Å². The summed E-state index contributed by atoms with van der Waals surface area (Å²) in [6, 6.07) is 0. The zero-order valence-electron chi connectivity index (χ0n) is 34.2. The van der Waals surface area contributed by atoms with Gasteiger partial charge in [-0.2, -0.15) is 0 Å². The molecule has 0 aromatic heterocycles. The molecular weight excluding hydrogens is 658 g/mol. The van der Waals surface area contributed by atoms with Gasteiger partial charge in [-0.1, -0.05) is 128 Å². The van der Waals surface area contributed by atoms with Crippen molar-refractivity contribution in [2.45, 2.75) is 187 Å². The van der Waals surface area contributed by atoms with E-state index in [1.807, 2.05) is 21.1 Å². The summed E-state index contributed by atoms with van der Waals surface area (Å²) >= 11 is 0. The van der Waals surface area contributed by atoms with E-state index in [2.05, 4.69) is 38.2 Å². The molecule has 0 aliphatic carbocycles. The topological polar surface area (TPSA) is 111 Å². The summed E-state index contributed by atoms with van der Waals surface area (Å²) in [5.74, 6) is -2.31. The minimum Gasteiger partial charge on any atom is -0.545 e. The molecule has 304 valence electrons. The van der Waals surface area contributed by atoms with E-state index in [1.54, 1.807) is 0 Å². The average molecular weight is 738 g/mol. The summed E-state index contributed by atoms with van der Waals surface area (Å²) in [4.78, 5) is 36.8. The molecule has 2 unspecified atom stereocenters. The van der Waals surface area contributed by atoms with Crippen LogP contribution in [0.1, 0.15) is 174 Å². The molecule has 0 spiro atoms. The molecule has 0 aliphatic rings. The van der Waals surface area contributed by atoms with Gasteiger partial charge < -0.3 is 33.3 Å². The molecule has 52 heavy (non-hydrogen) atoms. The Morgan fingerprint density at radius 3 is 1.48 bits per heavy atom. The number of carbonyl (C=O) groups is 3. The smallest absolute Gasteiger partial charge is 0.306 e. The number of esters is 2. The van der Waals surface area contributed by atoms with E-state index in [0.717, 1.165) is 77.0 Å². The number of likely N-dealkylation sites (N-methyl/N-ethyl adjacent to an activating group) is 1. The van der Waals surface area contributed by atoms with Gasteiger partial charge in [-0.3, -0.25) is 9.59 Å². The van der Waals surface area contributed by atoms with Gasteiger partial charge in [-0.05, 0) is 57.8 Å². The third-order valence-corrected chi connectivity index (χ3v) is 8.92. The van der Waals surface area contributed by atoms with E-state index >= 15 is 0 Å². The lowest BCUT2D eigenvalue weighted by Gasteiger charge is -2.26. The number of carboxylic acid groups (broad SMARTS) is 1. The third kappa shape index (κ3) is 36.1. The summed E-state index contributed by atoms with van der Waals surface area (Å²) in [6.45, 7) is 4.67. The Hall–Kier alpha value is -2.23. The zero-order chi connectivity index (χ0) is 38.5. The molecule has 0 fully saturated rings. The monoisotopic (exact) mass is 738 g/mol. The molecule has 0 aliphatic heterocycles. The first-order valence-electron chi connectivity index (χ1n) is 21.0.